The van der Waals surface area contributed by atoms with Crippen molar-refractivity contribution in [2.75, 3.05) is 13.6 Å². The molecule has 0 heterocycles. The lowest BCUT2D eigenvalue weighted by Gasteiger charge is -1.91. The number of hydrogen-bond donors (Lipinski definition) is 0. The van der Waals surface area contributed by atoms with Crippen LogP contribution >= 0.6 is 0 Å². The van der Waals surface area contributed by atoms with Crippen molar-refractivity contribution in [1.82, 2.24) is 0 Å². The third-order valence-corrected chi connectivity index (χ3v) is 1.25. The van der Waals surface area contributed by atoms with Crippen LogP contribution in [0.5, 0.6) is 0 Å². The van der Waals surface area contributed by atoms with E-state index in [1.807, 2.05) is 0 Å². The first-order chi connectivity index (χ1) is 4.41. The van der Waals surface area contributed by atoms with Gasteiger partial charge in [-0.15, -0.1) is 0 Å². The van der Waals surface area contributed by atoms with Gasteiger partial charge in [0.05, 0.1) is 6.54 Å². The zero-order chi connectivity index (χ0) is 6.95. The molecule has 0 atom stereocenters. The molecule has 0 aliphatic rings. The van der Waals surface area contributed by atoms with Crippen molar-refractivity contribution >= 4 is 0 Å². The van der Waals surface area contributed by atoms with Crippen LogP contribution < -0.4 is 0 Å². The Morgan fingerprint density at radius 1 is 1.11 bits per heavy atom. The van der Waals surface area contributed by atoms with Gasteiger partial charge in [-0.05, 0) is 6.42 Å². The fraction of sp³-hybridized carbons (Fsp3) is 1.00. The summed E-state index contributed by atoms with van der Waals surface area (Å²) in [5.41, 5.74) is 0. The normalized spacial score (nSPS) is 10.9. The molecule has 0 bridgehead atoms. The summed E-state index contributed by atoms with van der Waals surface area (Å²) in [5.74, 6) is 0. The molecule has 0 rings (SSSR count). The topological polar surface area (TPSA) is 24.7 Å². The Labute approximate surface area is 57.4 Å². The number of azo groups is 1. The summed E-state index contributed by atoms with van der Waals surface area (Å²) in [5, 5.41) is 7.53. The van der Waals surface area contributed by atoms with Gasteiger partial charge >= 0.3 is 0 Å². The lowest BCUT2D eigenvalue weighted by Crippen LogP contribution is -1.79. The molecule has 0 unspecified atom stereocenters. The Morgan fingerprint density at radius 2 is 1.89 bits per heavy atom. The van der Waals surface area contributed by atoms with Gasteiger partial charge in [-0.3, -0.25) is 0 Å². The minimum absolute atomic E-state index is 0.913. The Kier molecular flexibility index (Phi) is 7.26. The van der Waals surface area contributed by atoms with E-state index in [-0.39, 0.29) is 0 Å². The van der Waals surface area contributed by atoms with Gasteiger partial charge in [0.2, 0.25) is 0 Å². The summed E-state index contributed by atoms with van der Waals surface area (Å²) in [4.78, 5) is 0. The molecule has 0 saturated carbocycles. The van der Waals surface area contributed by atoms with E-state index in [9.17, 15) is 0 Å². The van der Waals surface area contributed by atoms with Crippen molar-refractivity contribution in [3.05, 3.63) is 0 Å². The first-order valence-corrected chi connectivity index (χ1v) is 3.67. The zero-order valence-corrected chi connectivity index (χ0v) is 6.43. The second-order valence-corrected chi connectivity index (χ2v) is 2.13. The molecule has 0 aliphatic carbocycles. The SMILES string of the molecule is CCCCCCN=NC. The second kappa shape index (κ2) is 7.60. The van der Waals surface area contributed by atoms with Gasteiger partial charge in [-0.25, -0.2) is 0 Å². The fourth-order valence-corrected chi connectivity index (χ4v) is 0.709. The van der Waals surface area contributed by atoms with Gasteiger partial charge in [-0.1, -0.05) is 26.2 Å². The van der Waals surface area contributed by atoms with Crippen molar-refractivity contribution in [1.29, 1.82) is 0 Å². The maximum Gasteiger partial charge on any atom is 0.0598 e. The van der Waals surface area contributed by atoms with E-state index in [2.05, 4.69) is 17.2 Å². The molecule has 0 fully saturated rings. The maximum absolute atomic E-state index is 3.87. The maximum atomic E-state index is 3.87. The lowest BCUT2D eigenvalue weighted by molar-refractivity contribution is 0.664. The molecule has 0 aromatic heterocycles. The molecule has 0 radical (unpaired) electrons. The van der Waals surface area contributed by atoms with Crippen molar-refractivity contribution in [2.45, 2.75) is 32.6 Å². The van der Waals surface area contributed by atoms with E-state index in [0.29, 0.717) is 0 Å². The van der Waals surface area contributed by atoms with Gasteiger partial charge < -0.3 is 0 Å². The molecule has 2 nitrogen and oxygen atoms in total. The standard InChI is InChI=1S/C7H16N2/c1-3-4-5-6-7-9-8-2/h3-7H2,1-2H3. The number of hydrogen-bond acceptors (Lipinski definition) is 2. The smallest absolute Gasteiger partial charge is 0.0598 e. The summed E-state index contributed by atoms with van der Waals surface area (Å²) in [6.07, 6.45) is 5.13. The van der Waals surface area contributed by atoms with Crippen LogP contribution in [0.25, 0.3) is 0 Å². The van der Waals surface area contributed by atoms with E-state index in [1.165, 1.54) is 25.7 Å². The molecule has 0 amide bonds. The molecule has 0 N–H and O–H groups in total. The fourth-order valence-electron chi connectivity index (χ4n) is 0.709. The van der Waals surface area contributed by atoms with Gasteiger partial charge in [0.25, 0.3) is 0 Å². The lowest BCUT2D eigenvalue weighted by atomic mass is 10.2. The van der Waals surface area contributed by atoms with Crippen molar-refractivity contribution < 1.29 is 0 Å². The van der Waals surface area contributed by atoms with E-state index < -0.39 is 0 Å². The van der Waals surface area contributed by atoms with Gasteiger partial charge in [0.15, 0.2) is 0 Å². The van der Waals surface area contributed by atoms with Crippen molar-refractivity contribution in [2.24, 2.45) is 10.2 Å². The van der Waals surface area contributed by atoms with Crippen LogP contribution in [-0.2, 0) is 0 Å². The largest absolute Gasteiger partial charge is 0.198 e. The van der Waals surface area contributed by atoms with Crippen molar-refractivity contribution in [3.8, 4) is 0 Å². The molecule has 0 aromatic rings. The minimum Gasteiger partial charge on any atom is -0.198 e. The molecule has 0 saturated heterocycles. The van der Waals surface area contributed by atoms with Crippen LogP contribution in [0.2, 0.25) is 0 Å². The number of unbranched alkanes of at least 4 members (excludes halogenated alkanes) is 3. The highest BCUT2D eigenvalue weighted by molar-refractivity contribution is 4.41. The summed E-state index contributed by atoms with van der Waals surface area (Å²) in [6, 6.07) is 0. The van der Waals surface area contributed by atoms with Crippen LogP contribution in [0.4, 0.5) is 0 Å². The predicted molar refractivity (Wildman–Crippen MR) is 39.8 cm³/mol. The first kappa shape index (κ1) is 8.60. The van der Waals surface area contributed by atoms with Crippen LogP contribution in [0.15, 0.2) is 10.2 Å². The van der Waals surface area contributed by atoms with E-state index in [4.69, 9.17) is 0 Å². The summed E-state index contributed by atoms with van der Waals surface area (Å²) in [6.45, 7) is 3.12. The number of nitrogens with zero attached hydrogens (tertiary/aromatic N) is 2. The minimum atomic E-state index is 0.913. The molecule has 0 aromatic carbocycles. The first-order valence-electron chi connectivity index (χ1n) is 3.67. The molecule has 0 aliphatic heterocycles. The van der Waals surface area contributed by atoms with E-state index >= 15 is 0 Å². The number of rotatable bonds is 5. The average molecular weight is 128 g/mol. The molecule has 54 valence electrons. The molecule has 0 spiro atoms. The van der Waals surface area contributed by atoms with Crippen LogP contribution in [0, 0.1) is 0 Å². The Balaban J connectivity index is 2.75. The Bertz CT molecular complexity index is 69.3. The Hall–Kier alpha value is -0.400. The van der Waals surface area contributed by atoms with E-state index in [1.54, 1.807) is 7.05 Å². The highest BCUT2D eigenvalue weighted by atomic mass is 15.1. The average Bonchev–Trinajstić information content (AvgIpc) is 1.89. The quantitative estimate of drug-likeness (QED) is 0.401. The van der Waals surface area contributed by atoms with Gasteiger partial charge in [-0.2, -0.15) is 10.2 Å². The van der Waals surface area contributed by atoms with Crippen LogP contribution in [0.3, 0.4) is 0 Å². The van der Waals surface area contributed by atoms with Crippen molar-refractivity contribution in [3.63, 3.8) is 0 Å². The molecular formula is C7H16N2. The monoisotopic (exact) mass is 128 g/mol. The molecule has 2 heteroatoms. The molecule has 9 heavy (non-hydrogen) atoms. The highest BCUT2D eigenvalue weighted by Gasteiger charge is 1.83. The highest BCUT2D eigenvalue weighted by Crippen LogP contribution is 1.98. The van der Waals surface area contributed by atoms with Crippen LogP contribution in [-0.4, -0.2) is 13.6 Å². The zero-order valence-electron chi connectivity index (χ0n) is 6.43. The molecular weight excluding hydrogens is 112 g/mol. The summed E-state index contributed by atoms with van der Waals surface area (Å²) >= 11 is 0. The Morgan fingerprint density at radius 3 is 2.44 bits per heavy atom. The van der Waals surface area contributed by atoms with Gasteiger partial charge in [0.1, 0.15) is 0 Å². The second-order valence-electron chi connectivity index (χ2n) is 2.13. The van der Waals surface area contributed by atoms with E-state index in [0.717, 1.165) is 6.54 Å². The van der Waals surface area contributed by atoms with Gasteiger partial charge in [0, 0.05) is 7.05 Å². The summed E-state index contributed by atoms with van der Waals surface area (Å²) < 4.78 is 0. The van der Waals surface area contributed by atoms with Crippen LogP contribution in [0.1, 0.15) is 32.6 Å². The predicted octanol–water partition coefficient (Wildman–Crippen LogP) is 2.65. The third-order valence-electron chi connectivity index (χ3n) is 1.25. The third kappa shape index (κ3) is 7.60. The summed E-state index contributed by atoms with van der Waals surface area (Å²) in [7, 11) is 1.72.